The fraction of sp³-hybridized carbons (Fsp3) is 0.903. The summed E-state index contributed by atoms with van der Waals surface area (Å²) in [5.74, 6) is 0.0197. The third-order valence-corrected chi connectivity index (χ3v) is 14.9. The number of methoxy groups -OCH3 is 1. The van der Waals surface area contributed by atoms with E-state index in [9.17, 15) is 28.8 Å². The summed E-state index contributed by atoms with van der Waals surface area (Å²) in [6.45, 7) is 46.5. The molecule has 2 fully saturated rings. The summed E-state index contributed by atoms with van der Waals surface area (Å²) in [6.07, 6.45) is 21.0. The van der Waals surface area contributed by atoms with E-state index in [1.54, 1.807) is 0 Å². The van der Waals surface area contributed by atoms with Gasteiger partial charge in [0.05, 0.1) is 52.8 Å². The second kappa shape index (κ2) is 40.1. The number of hydrogen-bond acceptors (Lipinski definition) is 12. The molecule has 12 nitrogen and oxygen atoms in total. The minimum Gasteiger partial charge on any atom is -0.469 e. The molecule has 0 spiro atoms. The van der Waals surface area contributed by atoms with Crippen molar-refractivity contribution < 1.29 is 57.2 Å². The van der Waals surface area contributed by atoms with Crippen molar-refractivity contribution >= 4 is 35.8 Å². The fourth-order valence-corrected chi connectivity index (χ4v) is 5.84. The van der Waals surface area contributed by atoms with E-state index >= 15 is 0 Å². The highest BCUT2D eigenvalue weighted by Gasteiger charge is 2.33. The Kier molecular flexibility index (Phi) is 41.9. The first kappa shape index (κ1) is 77.3. The topological polar surface area (TPSA) is 158 Å². The molecule has 0 heterocycles. The molecule has 440 valence electrons. The molecule has 2 rings (SSSR count). The van der Waals surface area contributed by atoms with Gasteiger partial charge in [0.1, 0.15) is 18.3 Å². The van der Waals surface area contributed by atoms with E-state index in [0.29, 0.717) is 19.1 Å². The zero-order chi connectivity index (χ0) is 58.6. The highest BCUT2D eigenvalue weighted by molar-refractivity contribution is 5.78. The predicted molar refractivity (Wildman–Crippen MR) is 305 cm³/mol. The molecule has 0 saturated heterocycles. The number of ether oxygens (including phenoxy) is 6. The number of hydrogen-bond donors (Lipinski definition) is 0. The lowest BCUT2D eigenvalue weighted by Crippen LogP contribution is -2.31. The van der Waals surface area contributed by atoms with Crippen LogP contribution >= 0.6 is 0 Å². The lowest BCUT2D eigenvalue weighted by atomic mass is 9.90. The number of carbonyl (C=O) groups excluding carboxylic acids is 6. The summed E-state index contributed by atoms with van der Waals surface area (Å²) in [5, 5.41) is 0. The molecule has 0 amide bonds. The van der Waals surface area contributed by atoms with E-state index < -0.39 is 0 Å². The van der Waals surface area contributed by atoms with Crippen molar-refractivity contribution in [1.82, 2.24) is 0 Å². The minimum absolute atomic E-state index is 0.0214. The lowest BCUT2D eigenvalue weighted by molar-refractivity contribution is -0.162. The van der Waals surface area contributed by atoms with Crippen LogP contribution in [0.2, 0.25) is 0 Å². The Morgan fingerprint density at radius 1 is 0.419 bits per heavy atom. The molecule has 0 aromatic carbocycles. The summed E-state index contributed by atoms with van der Waals surface area (Å²) >= 11 is 0. The molecule has 0 radical (unpaired) electrons. The molecule has 12 heteroatoms. The van der Waals surface area contributed by atoms with Crippen LogP contribution in [-0.4, -0.2) is 74.5 Å². The van der Waals surface area contributed by atoms with Crippen molar-refractivity contribution in [2.75, 3.05) is 20.3 Å². The monoisotopic (exact) mass is 1060 g/mol. The maximum atomic E-state index is 11.7. The normalized spacial score (nSPS) is 14.5. The second-order valence-electron chi connectivity index (χ2n) is 24.6. The Hall–Kier alpha value is -3.18. The Balaban J connectivity index is -0.000000399. The summed E-state index contributed by atoms with van der Waals surface area (Å²) in [7, 11) is 1.42. The molecule has 2 aliphatic carbocycles. The fourth-order valence-electron chi connectivity index (χ4n) is 5.84. The van der Waals surface area contributed by atoms with Crippen LogP contribution in [0.25, 0.3) is 0 Å². The van der Waals surface area contributed by atoms with E-state index in [2.05, 4.69) is 11.7 Å². The highest BCUT2D eigenvalue weighted by atomic mass is 16.6. The predicted octanol–water partition coefficient (Wildman–Crippen LogP) is 16.7. The van der Waals surface area contributed by atoms with E-state index in [1.165, 1.54) is 45.6 Å². The zero-order valence-electron chi connectivity index (χ0n) is 52.8. The van der Waals surface area contributed by atoms with Crippen LogP contribution in [0.3, 0.4) is 0 Å². The third-order valence-electron chi connectivity index (χ3n) is 14.9. The zero-order valence-corrected chi connectivity index (χ0v) is 52.8. The summed E-state index contributed by atoms with van der Waals surface area (Å²) in [4.78, 5) is 68.7. The van der Waals surface area contributed by atoms with Crippen LogP contribution < -0.4 is 0 Å². The van der Waals surface area contributed by atoms with Gasteiger partial charge in [0.25, 0.3) is 0 Å². The first-order valence-electron chi connectivity index (χ1n) is 29.1. The molecule has 74 heavy (non-hydrogen) atoms. The van der Waals surface area contributed by atoms with Gasteiger partial charge in [0, 0.05) is 0 Å². The van der Waals surface area contributed by atoms with Crippen molar-refractivity contribution in [3.05, 3.63) is 0 Å². The van der Waals surface area contributed by atoms with E-state index in [4.69, 9.17) is 23.7 Å². The maximum absolute atomic E-state index is 11.7. The van der Waals surface area contributed by atoms with Gasteiger partial charge in [-0.1, -0.05) is 95.4 Å². The van der Waals surface area contributed by atoms with E-state index in [0.717, 1.165) is 89.9 Å². The number of esters is 6. The SMILES string of the molecule is CCC(C)(C)C(=O)OC.CCC(C)(C)C(=O)OC1CCCCC1.CCC(C)(C)C(=O)OC1CCCCC1.CCC(C)(C)C(=O)OCC(C)C.CCC(CC)OC(=O)C(C)(C)CC.CCCCOC(=O)C(C)(C)CC. The van der Waals surface area contributed by atoms with Crippen LogP contribution in [0, 0.1) is 38.4 Å². The summed E-state index contributed by atoms with van der Waals surface area (Å²) in [6, 6.07) is 0. The van der Waals surface area contributed by atoms with Gasteiger partial charge < -0.3 is 28.4 Å². The summed E-state index contributed by atoms with van der Waals surface area (Å²) in [5.41, 5.74) is -1.89. The third kappa shape index (κ3) is 35.2. The standard InChI is InChI=1S/2C12H22O2.C11H22O2.2C10H20O2.C7H14O2/c2*1-4-12(2,3)11(13)14-10-8-6-5-7-9-10;1-6-9(7-2)13-10(12)11(4,5)8-3;1-6-10(4,5)9(11)12-7-8(2)3;1-5-7-8-12-9(11)10(3,4)6-2;1-5-7(2,3)6(8)9-4/h2*10H,4-9H2,1-3H3;9H,6-8H2,1-5H3;8H,6-7H2,1-5H3;5-8H2,1-4H3;5H2,1-4H3. The molecule has 0 aliphatic heterocycles. The molecule has 0 bridgehead atoms. The average Bonchev–Trinajstić information content (AvgIpc) is 3.38. The molecule has 0 aromatic rings. The molecule has 0 atom stereocenters. The Bertz CT molecular complexity index is 1460. The smallest absolute Gasteiger partial charge is 0.311 e. The minimum atomic E-state index is -0.331. The molecule has 0 unspecified atom stereocenters. The van der Waals surface area contributed by atoms with Crippen LogP contribution in [0.15, 0.2) is 0 Å². The van der Waals surface area contributed by atoms with Crippen molar-refractivity contribution in [1.29, 1.82) is 0 Å². The van der Waals surface area contributed by atoms with Crippen molar-refractivity contribution in [2.24, 2.45) is 38.4 Å². The number of unbranched alkanes of at least 4 members (excludes halogenated alkanes) is 1. The number of rotatable bonds is 22. The average molecular weight is 1060 g/mol. The maximum Gasteiger partial charge on any atom is 0.311 e. The molecule has 2 saturated carbocycles. The lowest BCUT2D eigenvalue weighted by Gasteiger charge is -2.27. The van der Waals surface area contributed by atoms with Gasteiger partial charge in [-0.3, -0.25) is 28.8 Å². The van der Waals surface area contributed by atoms with Gasteiger partial charge in [-0.15, -0.1) is 0 Å². The van der Waals surface area contributed by atoms with Crippen molar-refractivity contribution in [3.8, 4) is 0 Å². The quantitative estimate of drug-likeness (QED) is 0.0575. The number of carbonyl (C=O) groups is 6. The molecule has 2 aliphatic rings. The first-order chi connectivity index (χ1) is 34.1. The van der Waals surface area contributed by atoms with Crippen molar-refractivity contribution in [2.45, 2.75) is 306 Å². The first-order valence-corrected chi connectivity index (χ1v) is 29.1. The van der Waals surface area contributed by atoms with Gasteiger partial charge >= 0.3 is 35.8 Å². The van der Waals surface area contributed by atoms with E-state index in [1.807, 2.05) is 152 Å². The largest absolute Gasteiger partial charge is 0.469 e. The van der Waals surface area contributed by atoms with Gasteiger partial charge in [-0.2, -0.15) is 0 Å². The molecular formula is C62H120O12. The Labute approximate surface area is 456 Å². The summed E-state index contributed by atoms with van der Waals surface area (Å²) < 4.78 is 31.2. The van der Waals surface area contributed by atoms with Gasteiger partial charge in [-0.05, 0) is 198 Å². The Morgan fingerprint density at radius 2 is 0.716 bits per heavy atom. The van der Waals surface area contributed by atoms with Gasteiger partial charge in [0.15, 0.2) is 0 Å². The molecule has 0 N–H and O–H groups in total. The van der Waals surface area contributed by atoms with Crippen LogP contribution in [0.4, 0.5) is 0 Å². The van der Waals surface area contributed by atoms with Crippen LogP contribution in [0.5, 0.6) is 0 Å². The van der Waals surface area contributed by atoms with E-state index in [-0.39, 0.29) is 86.6 Å². The second-order valence-corrected chi connectivity index (χ2v) is 24.6. The Morgan fingerprint density at radius 3 is 0.986 bits per heavy atom. The molecule has 0 aromatic heterocycles. The highest BCUT2D eigenvalue weighted by Crippen LogP contribution is 2.29. The van der Waals surface area contributed by atoms with Crippen LogP contribution in [-0.2, 0) is 57.2 Å². The van der Waals surface area contributed by atoms with Gasteiger partial charge in [-0.25, -0.2) is 0 Å². The van der Waals surface area contributed by atoms with Crippen LogP contribution in [0.1, 0.15) is 288 Å². The molecular weight excluding hydrogens is 937 g/mol. The van der Waals surface area contributed by atoms with Crippen molar-refractivity contribution in [3.63, 3.8) is 0 Å². The van der Waals surface area contributed by atoms with Gasteiger partial charge in [0.2, 0.25) is 0 Å².